The van der Waals surface area contributed by atoms with Crippen LogP contribution in [-0.4, -0.2) is 30.9 Å². The Balaban J connectivity index is 2.08. The number of aromatic nitrogens is 1. The van der Waals surface area contributed by atoms with E-state index in [9.17, 15) is 13.2 Å². The molecule has 0 saturated heterocycles. The molecule has 0 saturated carbocycles. The predicted octanol–water partition coefficient (Wildman–Crippen LogP) is 2.70. The minimum Gasteiger partial charge on any atom is -0.372 e. The summed E-state index contributed by atoms with van der Waals surface area (Å²) in [5, 5.41) is 3.17. The maximum Gasteiger partial charge on any atom is 0.411 e. The quantitative estimate of drug-likeness (QED) is 0.767. The highest BCUT2D eigenvalue weighted by Crippen LogP contribution is 2.14. The van der Waals surface area contributed by atoms with Crippen molar-refractivity contribution in [2.75, 3.05) is 19.8 Å². The minimum atomic E-state index is -4.24. The van der Waals surface area contributed by atoms with Gasteiger partial charge in [0, 0.05) is 18.8 Å². The van der Waals surface area contributed by atoms with Crippen molar-refractivity contribution in [3.05, 3.63) is 30.1 Å². The maximum atomic E-state index is 11.8. The fourth-order valence-corrected chi connectivity index (χ4v) is 1.42. The first kappa shape index (κ1) is 14.9. The average Bonchev–Trinajstić information content (AvgIpc) is 2.33. The van der Waals surface area contributed by atoms with E-state index in [2.05, 4.69) is 15.0 Å². The van der Waals surface area contributed by atoms with Crippen molar-refractivity contribution in [2.24, 2.45) is 0 Å². The van der Waals surface area contributed by atoms with E-state index >= 15 is 0 Å². The summed E-state index contributed by atoms with van der Waals surface area (Å²) >= 11 is 0. The first-order valence-electron chi connectivity index (χ1n) is 5.78. The Bertz CT molecular complexity index is 330. The smallest absolute Gasteiger partial charge is 0.372 e. The lowest BCUT2D eigenvalue weighted by Crippen LogP contribution is -2.23. The highest BCUT2D eigenvalue weighted by atomic mass is 19.4. The third kappa shape index (κ3) is 6.56. The first-order valence-corrected chi connectivity index (χ1v) is 5.78. The average molecular weight is 262 g/mol. The van der Waals surface area contributed by atoms with E-state index in [4.69, 9.17) is 0 Å². The largest absolute Gasteiger partial charge is 0.411 e. The standard InChI is InChI=1S/C12H17F3N2O/c1-10(11-5-2-3-6-17-11)16-7-4-8-18-9-12(13,14)15/h2-3,5-6,10,16H,4,7-9H2,1H3/t10-/m0/s1. The molecule has 0 unspecified atom stereocenters. The van der Waals surface area contributed by atoms with Gasteiger partial charge in [-0.25, -0.2) is 0 Å². The molecule has 18 heavy (non-hydrogen) atoms. The number of hydrogen-bond donors (Lipinski definition) is 1. The van der Waals surface area contributed by atoms with Gasteiger partial charge in [-0.1, -0.05) is 6.07 Å². The monoisotopic (exact) mass is 262 g/mol. The summed E-state index contributed by atoms with van der Waals surface area (Å²) in [6.07, 6.45) is -2.00. The highest BCUT2D eigenvalue weighted by Gasteiger charge is 2.27. The van der Waals surface area contributed by atoms with Gasteiger partial charge in [0.15, 0.2) is 0 Å². The van der Waals surface area contributed by atoms with Crippen LogP contribution >= 0.6 is 0 Å². The van der Waals surface area contributed by atoms with Gasteiger partial charge in [-0.3, -0.25) is 4.98 Å². The molecule has 0 aliphatic carbocycles. The Morgan fingerprint density at radius 3 is 2.78 bits per heavy atom. The van der Waals surface area contributed by atoms with Crippen LogP contribution in [0, 0.1) is 0 Å². The van der Waals surface area contributed by atoms with E-state index in [-0.39, 0.29) is 12.6 Å². The molecule has 0 amide bonds. The Morgan fingerprint density at radius 2 is 2.17 bits per heavy atom. The van der Waals surface area contributed by atoms with Gasteiger partial charge in [0.2, 0.25) is 0 Å². The Labute approximate surface area is 104 Å². The molecule has 1 heterocycles. The van der Waals surface area contributed by atoms with Gasteiger partial charge in [0.25, 0.3) is 0 Å². The van der Waals surface area contributed by atoms with Crippen LogP contribution in [0.1, 0.15) is 25.1 Å². The number of alkyl halides is 3. The molecule has 1 rings (SSSR count). The molecule has 0 aliphatic rings. The molecule has 1 aromatic heterocycles. The second kappa shape index (κ2) is 7.33. The van der Waals surface area contributed by atoms with Crippen molar-refractivity contribution in [1.29, 1.82) is 0 Å². The molecule has 0 aliphatic heterocycles. The summed E-state index contributed by atoms with van der Waals surface area (Å²) in [6, 6.07) is 5.71. The molecule has 0 aromatic carbocycles. The third-order valence-corrected chi connectivity index (χ3v) is 2.31. The third-order valence-electron chi connectivity index (χ3n) is 2.31. The summed E-state index contributed by atoms with van der Waals surface area (Å²) in [5.74, 6) is 0. The number of nitrogens with zero attached hydrogens (tertiary/aromatic N) is 1. The zero-order chi connectivity index (χ0) is 13.4. The Hall–Kier alpha value is -1.14. The van der Waals surface area contributed by atoms with Crippen molar-refractivity contribution in [2.45, 2.75) is 25.6 Å². The van der Waals surface area contributed by atoms with Gasteiger partial charge in [-0.15, -0.1) is 0 Å². The Kier molecular flexibility index (Phi) is 6.07. The predicted molar refractivity (Wildman–Crippen MR) is 62.1 cm³/mol. The fraction of sp³-hybridized carbons (Fsp3) is 0.583. The van der Waals surface area contributed by atoms with Crippen LogP contribution in [0.25, 0.3) is 0 Å². The molecular formula is C12H17F3N2O. The minimum absolute atomic E-state index is 0.0776. The second-order valence-corrected chi connectivity index (χ2v) is 3.95. The van der Waals surface area contributed by atoms with Crippen LogP contribution in [-0.2, 0) is 4.74 Å². The molecule has 0 radical (unpaired) electrons. The van der Waals surface area contributed by atoms with E-state index in [1.54, 1.807) is 6.20 Å². The zero-order valence-electron chi connectivity index (χ0n) is 10.2. The van der Waals surface area contributed by atoms with Crippen LogP contribution in [0.2, 0.25) is 0 Å². The molecule has 0 fully saturated rings. The molecule has 102 valence electrons. The van der Waals surface area contributed by atoms with Gasteiger partial charge in [-0.2, -0.15) is 13.2 Å². The summed E-state index contributed by atoms with van der Waals surface area (Å²) < 4.78 is 39.8. The normalized spacial score (nSPS) is 13.6. The van der Waals surface area contributed by atoms with E-state index in [1.807, 2.05) is 25.1 Å². The van der Waals surface area contributed by atoms with Crippen molar-refractivity contribution in [1.82, 2.24) is 10.3 Å². The van der Waals surface area contributed by atoms with Crippen molar-refractivity contribution >= 4 is 0 Å². The Morgan fingerprint density at radius 1 is 1.39 bits per heavy atom. The molecule has 0 bridgehead atoms. The lowest BCUT2D eigenvalue weighted by molar-refractivity contribution is -0.173. The van der Waals surface area contributed by atoms with Crippen LogP contribution in [0.15, 0.2) is 24.4 Å². The van der Waals surface area contributed by atoms with Crippen LogP contribution in [0.4, 0.5) is 13.2 Å². The van der Waals surface area contributed by atoms with E-state index in [0.29, 0.717) is 13.0 Å². The van der Waals surface area contributed by atoms with Gasteiger partial charge < -0.3 is 10.1 Å². The second-order valence-electron chi connectivity index (χ2n) is 3.95. The van der Waals surface area contributed by atoms with Crippen molar-refractivity contribution in [3.63, 3.8) is 0 Å². The molecule has 3 nitrogen and oxygen atoms in total. The maximum absolute atomic E-state index is 11.8. The van der Waals surface area contributed by atoms with Gasteiger partial charge in [0.1, 0.15) is 6.61 Å². The van der Waals surface area contributed by atoms with Crippen LogP contribution in [0.3, 0.4) is 0 Å². The topological polar surface area (TPSA) is 34.1 Å². The first-order chi connectivity index (χ1) is 8.49. The van der Waals surface area contributed by atoms with Gasteiger partial charge >= 0.3 is 6.18 Å². The number of pyridine rings is 1. The van der Waals surface area contributed by atoms with E-state index in [0.717, 1.165) is 5.69 Å². The lowest BCUT2D eigenvalue weighted by Gasteiger charge is -2.13. The van der Waals surface area contributed by atoms with Crippen LogP contribution in [0.5, 0.6) is 0 Å². The highest BCUT2D eigenvalue weighted by molar-refractivity contribution is 5.07. The molecule has 1 aromatic rings. The van der Waals surface area contributed by atoms with Crippen molar-refractivity contribution in [3.8, 4) is 0 Å². The molecule has 1 atom stereocenters. The summed E-state index contributed by atoms with van der Waals surface area (Å²) in [5.41, 5.74) is 0.911. The molecule has 6 heteroatoms. The molecular weight excluding hydrogens is 245 g/mol. The summed E-state index contributed by atoms with van der Waals surface area (Å²) in [4.78, 5) is 4.18. The number of nitrogens with one attached hydrogen (secondary N) is 1. The lowest BCUT2D eigenvalue weighted by atomic mass is 10.2. The summed E-state index contributed by atoms with van der Waals surface area (Å²) in [6.45, 7) is 1.47. The van der Waals surface area contributed by atoms with Gasteiger partial charge in [-0.05, 0) is 32.0 Å². The zero-order valence-corrected chi connectivity index (χ0v) is 10.2. The SMILES string of the molecule is C[C@H](NCCCOCC(F)(F)F)c1ccccn1. The fourth-order valence-electron chi connectivity index (χ4n) is 1.42. The van der Waals surface area contributed by atoms with Gasteiger partial charge in [0.05, 0.1) is 5.69 Å². The van der Waals surface area contributed by atoms with Crippen molar-refractivity contribution < 1.29 is 17.9 Å². The van der Waals surface area contributed by atoms with E-state index in [1.165, 1.54) is 0 Å². The number of ether oxygens (including phenoxy) is 1. The number of halogens is 3. The summed E-state index contributed by atoms with van der Waals surface area (Å²) in [7, 11) is 0. The molecule has 0 spiro atoms. The number of hydrogen-bond acceptors (Lipinski definition) is 3. The van der Waals surface area contributed by atoms with Crippen LogP contribution < -0.4 is 5.32 Å². The molecule has 1 N–H and O–H groups in total. The number of rotatable bonds is 7. The van der Waals surface area contributed by atoms with E-state index < -0.39 is 12.8 Å².